The van der Waals surface area contributed by atoms with E-state index in [-0.39, 0.29) is 29.1 Å². The zero-order chi connectivity index (χ0) is 33.6. The Morgan fingerprint density at radius 2 is 1.76 bits per heavy atom. The van der Waals surface area contributed by atoms with Gasteiger partial charge in [0.05, 0.1) is 17.8 Å². The topological polar surface area (TPSA) is 164 Å². The Morgan fingerprint density at radius 1 is 1.09 bits per heavy atom. The molecule has 5 atom stereocenters. The molecule has 5 rings (SSSR count). The van der Waals surface area contributed by atoms with Crippen molar-refractivity contribution in [2.75, 3.05) is 12.3 Å². The van der Waals surface area contributed by atoms with Crippen molar-refractivity contribution in [1.29, 1.82) is 0 Å². The van der Waals surface area contributed by atoms with Gasteiger partial charge in [-0.2, -0.15) is 0 Å². The molecule has 1 saturated heterocycles. The normalized spacial score (nSPS) is 26.0. The van der Waals surface area contributed by atoms with Gasteiger partial charge in [-0.05, 0) is 60.8 Å². The third kappa shape index (κ3) is 7.26. The number of rotatable bonds is 12. The first kappa shape index (κ1) is 34.3. The fourth-order valence-electron chi connectivity index (χ4n) is 7.66. The van der Waals surface area contributed by atoms with Gasteiger partial charge in [0.15, 0.2) is 0 Å². The molecule has 11 nitrogen and oxygen atoms in total. The van der Waals surface area contributed by atoms with Crippen LogP contribution in [0.4, 0.5) is 4.79 Å². The van der Waals surface area contributed by atoms with Crippen molar-refractivity contribution in [1.82, 2.24) is 20.9 Å². The van der Waals surface area contributed by atoms with Crippen LogP contribution in [0.5, 0.6) is 0 Å². The molecule has 4 aliphatic rings. The number of fused-ring (bicyclic) bond motifs is 1. The lowest BCUT2D eigenvalue weighted by molar-refractivity contribution is -0.145. The molecule has 1 aromatic heterocycles. The number of urea groups is 1. The van der Waals surface area contributed by atoms with Gasteiger partial charge in [0, 0.05) is 17.2 Å². The second-order valence-electron chi connectivity index (χ2n) is 15.7. The van der Waals surface area contributed by atoms with Crippen molar-refractivity contribution >= 4 is 41.3 Å². The number of amides is 5. The Morgan fingerprint density at radius 3 is 2.33 bits per heavy atom. The summed E-state index contributed by atoms with van der Waals surface area (Å²) in [6, 6.07) is -1.18. The molecule has 0 spiro atoms. The molecule has 2 unspecified atom stereocenters. The maximum absolute atomic E-state index is 14.4. The molecular formula is C34H51N5O6S. The van der Waals surface area contributed by atoms with E-state index in [9.17, 15) is 24.0 Å². The molecule has 5 N–H and O–H groups in total. The van der Waals surface area contributed by atoms with Gasteiger partial charge >= 0.3 is 6.03 Å². The van der Waals surface area contributed by atoms with Crippen LogP contribution < -0.4 is 21.7 Å². The van der Waals surface area contributed by atoms with E-state index in [4.69, 9.17) is 10.2 Å². The van der Waals surface area contributed by atoms with Gasteiger partial charge in [-0.3, -0.25) is 19.2 Å². The third-order valence-corrected chi connectivity index (χ3v) is 12.2. The molecule has 12 heteroatoms. The Hall–Kier alpha value is -3.02. The number of nitrogens with one attached hydrogen (secondary N) is 3. The minimum absolute atomic E-state index is 0.0925. The molecule has 3 saturated carbocycles. The molecule has 254 valence electrons. The van der Waals surface area contributed by atoms with Crippen molar-refractivity contribution in [2.24, 2.45) is 34.3 Å². The number of Topliss-reactive ketones (excluding diaryl/α,β-unsaturated/α-hetero) is 1. The van der Waals surface area contributed by atoms with Crippen LogP contribution in [0.3, 0.4) is 0 Å². The van der Waals surface area contributed by atoms with Crippen molar-refractivity contribution in [3.8, 4) is 0 Å². The standard InChI is InChI=1S/C34H51N5O6S/c1-19-23(12-15-45-19)46-18-34(13-8-7-9-14-34)38-31(44)37-27(32(2,3)4)30(43)39-17-21-24(33(21,5)6)25(39)29(42)36-22(16-20-10-11-20)26(40)28(35)41/h12,15,20-22,24-25,27H,7-11,13-14,16-18H2,1-6H3,(H2,35,41)(H,36,42)(H2,37,38,44)/t21-,22?,24?,25-,27+/m0/s1. The Balaban J connectivity index is 1.31. The van der Waals surface area contributed by atoms with Crippen LogP contribution in [-0.2, 0) is 19.2 Å². The molecule has 0 bridgehead atoms. The van der Waals surface area contributed by atoms with Crippen LogP contribution in [0.25, 0.3) is 0 Å². The fraction of sp³-hybridized carbons (Fsp3) is 0.735. The SMILES string of the molecule is Cc1occc1SCC1(NC(=O)N[C@H](C(=O)N2C[C@H]3C([C@H]2C(=O)NC(CC2CC2)C(=O)C(N)=O)C3(C)C)C(C)(C)C)CCCCC1. The maximum atomic E-state index is 14.4. The minimum atomic E-state index is -1.08. The number of aryl methyl sites for hydroxylation is 1. The molecule has 4 fully saturated rings. The number of likely N-dealkylation sites (tertiary alicyclic amines) is 1. The second kappa shape index (κ2) is 12.9. The fourth-order valence-corrected chi connectivity index (χ4v) is 8.85. The maximum Gasteiger partial charge on any atom is 0.315 e. The predicted octanol–water partition coefficient (Wildman–Crippen LogP) is 3.92. The average molecular weight is 658 g/mol. The van der Waals surface area contributed by atoms with Gasteiger partial charge in [-0.1, -0.05) is 66.7 Å². The van der Waals surface area contributed by atoms with E-state index in [2.05, 4.69) is 29.8 Å². The summed E-state index contributed by atoms with van der Waals surface area (Å²) in [5.74, 6) is -0.839. The average Bonchev–Trinajstić information content (AvgIpc) is 3.74. The number of hydrogen-bond acceptors (Lipinski definition) is 7. The van der Waals surface area contributed by atoms with Crippen molar-refractivity contribution in [2.45, 2.75) is 121 Å². The van der Waals surface area contributed by atoms with E-state index >= 15 is 0 Å². The lowest BCUT2D eigenvalue weighted by atomic mass is 9.83. The highest BCUT2D eigenvalue weighted by Crippen LogP contribution is 2.65. The van der Waals surface area contributed by atoms with Gasteiger partial charge < -0.3 is 31.0 Å². The molecule has 0 radical (unpaired) electrons. The van der Waals surface area contributed by atoms with E-state index in [1.165, 1.54) is 0 Å². The molecule has 1 aliphatic heterocycles. The Kier molecular flexibility index (Phi) is 9.61. The van der Waals surface area contributed by atoms with Crippen molar-refractivity contribution < 1.29 is 28.4 Å². The highest BCUT2D eigenvalue weighted by atomic mass is 32.2. The molecule has 3 aliphatic carbocycles. The van der Waals surface area contributed by atoms with Gasteiger partial charge in [0.1, 0.15) is 17.8 Å². The van der Waals surface area contributed by atoms with Gasteiger partial charge in [-0.15, -0.1) is 11.8 Å². The first-order valence-electron chi connectivity index (χ1n) is 16.7. The molecule has 46 heavy (non-hydrogen) atoms. The molecule has 1 aromatic rings. The number of nitrogens with two attached hydrogens (primary N) is 1. The number of hydrogen-bond donors (Lipinski definition) is 4. The predicted molar refractivity (Wildman–Crippen MR) is 175 cm³/mol. The zero-order valence-electron chi connectivity index (χ0n) is 28.1. The summed E-state index contributed by atoms with van der Waals surface area (Å²) in [5.41, 5.74) is 4.09. The number of ketones is 1. The largest absolute Gasteiger partial charge is 0.468 e. The quantitative estimate of drug-likeness (QED) is 0.196. The number of furan rings is 1. The number of nitrogens with zero attached hydrogens (tertiary/aromatic N) is 1. The Labute approximate surface area is 276 Å². The Bertz CT molecular complexity index is 1360. The summed E-state index contributed by atoms with van der Waals surface area (Å²) >= 11 is 1.67. The summed E-state index contributed by atoms with van der Waals surface area (Å²) in [6.07, 6.45) is 8.74. The first-order chi connectivity index (χ1) is 21.5. The van der Waals surface area contributed by atoms with Crippen LogP contribution >= 0.6 is 11.8 Å². The monoisotopic (exact) mass is 657 g/mol. The van der Waals surface area contributed by atoms with Gasteiger partial charge in [0.25, 0.3) is 5.91 Å². The van der Waals surface area contributed by atoms with Crippen LogP contribution in [0.1, 0.15) is 91.7 Å². The lowest BCUT2D eigenvalue weighted by Crippen LogP contribution is -2.63. The summed E-state index contributed by atoms with van der Waals surface area (Å²) < 4.78 is 5.47. The highest BCUT2D eigenvalue weighted by molar-refractivity contribution is 7.99. The van der Waals surface area contributed by atoms with E-state index in [1.807, 2.05) is 33.8 Å². The van der Waals surface area contributed by atoms with Crippen molar-refractivity contribution in [3.63, 3.8) is 0 Å². The number of carbonyl (C=O) groups is 5. The molecular weight excluding hydrogens is 606 g/mol. The number of thioether (sulfide) groups is 1. The summed E-state index contributed by atoms with van der Waals surface area (Å²) in [7, 11) is 0. The smallest absolute Gasteiger partial charge is 0.315 e. The van der Waals surface area contributed by atoms with Gasteiger partial charge in [0.2, 0.25) is 17.6 Å². The molecule has 5 amide bonds. The van der Waals surface area contributed by atoms with Gasteiger partial charge in [-0.25, -0.2) is 4.79 Å². The van der Waals surface area contributed by atoms with E-state index in [0.29, 0.717) is 18.7 Å². The zero-order valence-corrected chi connectivity index (χ0v) is 28.9. The number of primary amides is 1. The van der Waals surface area contributed by atoms with Crippen molar-refractivity contribution in [3.05, 3.63) is 18.1 Å². The molecule has 2 heterocycles. The lowest BCUT2D eigenvalue weighted by Gasteiger charge is -2.40. The first-order valence-corrected chi connectivity index (χ1v) is 17.7. The second-order valence-corrected chi connectivity index (χ2v) is 16.7. The summed E-state index contributed by atoms with van der Waals surface area (Å²) in [6.45, 7) is 12.2. The van der Waals surface area contributed by atoms with Crippen LogP contribution in [0.2, 0.25) is 0 Å². The van der Waals surface area contributed by atoms with Crippen LogP contribution in [-0.4, -0.2) is 70.4 Å². The minimum Gasteiger partial charge on any atom is -0.468 e. The third-order valence-electron chi connectivity index (χ3n) is 10.8. The van der Waals surface area contributed by atoms with E-state index < -0.39 is 52.7 Å². The summed E-state index contributed by atoms with van der Waals surface area (Å²) in [4.78, 5) is 69.1. The summed E-state index contributed by atoms with van der Waals surface area (Å²) in [5, 5.41) is 9.09. The number of piperidine rings is 1. The van der Waals surface area contributed by atoms with Crippen LogP contribution in [0, 0.1) is 35.5 Å². The van der Waals surface area contributed by atoms with E-state index in [1.54, 1.807) is 22.9 Å². The van der Waals surface area contributed by atoms with E-state index in [0.717, 1.165) is 55.6 Å². The van der Waals surface area contributed by atoms with Crippen LogP contribution in [0.15, 0.2) is 21.6 Å². The number of carbonyl (C=O) groups excluding carboxylic acids is 5. The highest BCUT2D eigenvalue weighted by Gasteiger charge is 2.70. The molecule has 0 aromatic carbocycles.